The first kappa shape index (κ1) is 21.3. The minimum Gasteiger partial charge on any atom is -0.354 e. The summed E-state index contributed by atoms with van der Waals surface area (Å²) in [6.07, 6.45) is 2.71. The summed E-state index contributed by atoms with van der Waals surface area (Å²) < 4.78 is 25.5. The van der Waals surface area contributed by atoms with Gasteiger partial charge in [0.2, 0.25) is 15.9 Å². The molecule has 2 aromatic rings. The third kappa shape index (κ3) is 6.26. The Balaban J connectivity index is 1.96. The zero-order chi connectivity index (χ0) is 20.0. The SMILES string of the molecule is Cc1ccc(CCCNC(=O)[C@@H](C)N(c2ccc(Cl)cc2)S(C)(=O)=O)cc1. The van der Waals surface area contributed by atoms with Crippen molar-refractivity contribution in [2.24, 2.45) is 0 Å². The average Bonchev–Trinajstić information content (AvgIpc) is 2.60. The first-order valence-corrected chi connectivity index (χ1v) is 11.0. The molecule has 0 aliphatic rings. The normalized spacial score (nSPS) is 12.4. The zero-order valence-electron chi connectivity index (χ0n) is 15.8. The van der Waals surface area contributed by atoms with Gasteiger partial charge in [-0.2, -0.15) is 0 Å². The number of aryl methyl sites for hydroxylation is 2. The highest BCUT2D eigenvalue weighted by molar-refractivity contribution is 7.92. The van der Waals surface area contributed by atoms with Crippen LogP contribution in [-0.2, 0) is 21.2 Å². The molecule has 27 heavy (non-hydrogen) atoms. The van der Waals surface area contributed by atoms with Gasteiger partial charge in [-0.25, -0.2) is 8.42 Å². The highest BCUT2D eigenvalue weighted by Crippen LogP contribution is 2.23. The maximum atomic E-state index is 12.5. The van der Waals surface area contributed by atoms with E-state index in [-0.39, 0.29) is 5.91 Å². The third-order valence-corrected chi connectivity index (χ3v) is 5.73. The Labute approximate surface area is 166 Å². The number of halogens is 1. The second-order valence-electron chi connectivity index (χ2n) is 6.59. The minimum absolute atomic E-state index is 0.334. The highest BCUT2D eigenvalue weighted by atomic mass is 35.5. The smallest absolute Gasteiger partial charge is 0.243 e. The lowest BCUT2D eigenvalue weighted by atomic mass is 10.1. The van der Waals surface area contributed by atoms with Gasteiger partial charge >= 0.3 is 0 Å². The van der Waals surface area contributed by atoms with Crippen LogP contribution in [0.2, 0.25) is 5.02 Å². The summed E-state index contributed by atoms with van der Waals surface area (Å²) in [6, 6.07) is 13.8. The number of amides is 1. The van der Waals surface area contributed by atoms with Gasteiger partial charge in [-0.1, -0.05) is 41.4 Å². The Morgan fingerprint density at radius 1 is 1.11 bits per heavy atom. The Morgan fingerprint density at radius 3 is 2.26 bits per heavy atom. The molecule has 0 saturated carbocycles. The molecular weight excluding hydrogens is 384 g/mol. The average molecular weight is 409 g/mol. The maximum absolute atomic E-state index is 12.5. The Morgan fingerprint density at radius 2 is 1.70 bits per heavy atom. The van der Waals surface area contributed by atoms with E-state index in [1.807, 2.05) is 6.92 Å². The molecule has 0 spiro atoms. The predicted molar refractivity (Wildman–Crippen MR) is 111 cm³/mol. The lowest BCUT2D eigenvalue weighted by Gasteiger charge is -2.28. The van der Waals surface area contributed by atoms with E-state index in [1.165, 1.54) is 11.1 Å². The monoisotopic (exact) mass is 408 g/mol. The standard InChI is InChI=1S/C20H25ClN2O3S/c1-15-6-8-17(9-7-15)5-4-14-22-20(24)16(2)23(27(3,25)26)19-12-10-18(21)11-13-19/h6-13,16H,4-5,14H2,1-3H3,(H,22,24)/t16-/m1/s1. The molecule has 0 heterocycles. The van der Waals surface area contributed by atoms with Crippen LogP contribution in [0.4, 0.5) is 5.69 Å². The van der Waals surface area contributed by atoms with Crippen molar-refractivity contribution in [1.29, 1.82) is 0 Å². The van der Waals surface area contributed by atoms with Gasteiger partial charge in [0.1, 0.15) is 6.04 Å². The van der Waals surface area contributed by atoms with E-state index in [4.69, 9.17) is 11.6 Å². The van der Waals surface area contributed by atoms with Gasteiger partial charge in [0.15, 0.2) is 0 Å². The fourth-order valence-corrected chi connectivity index (χ4v) is 4.10. The second-order valence-corrected chi connectivity index (χ2v) is 8.89. The Bertz CT molecular complexity index is 865. The number of anilines is 1. The number of carbonyl (C=O) groups excluding carboxylic acids is 1. The molecule has 146 valence electrons. The largest absolute Gasteiger partial charge is 0.354 e. The van der Waals surface area contributed by atoms with Gasteiger partial charge in [-0.15, -0.1) is 0 Å². The van der Waals surface area contributed by atoms with Crippen LogP contribution in [0.25, 0.3) is 0 Å². The molecule has 0 bridgehead atoms. The molecule has 0 aromatic heterocycles. The molecule has 1 N–H and O–H groups in total. The van der Waals surface area contributed by atoms with E-state index in [0.29, 0.717) is 17.3 Å². The fraction of sp³-hybridized carbons (Fsp3) is 0.350. The number of benzene rings is 2. The van der Waals surface area contributed by atoms with Crippen LogP contribution in [-0.4, -0.2) is 33.2 Å². The molecule has 1 atom stereocenters. The zero-order valence-corrected chi connectivity index (χ0v) is 17.3. The summed E-state index contributed by atoms with van der Waals surface area (Å²) in [5.74, 6) is -0.334. The quantitative estimate of drug-likeness (QED) is 0.679. The summed E-state index contributed by atoms with van der Waals surface area (Å²) >= 11 is 5.87. The fourth-order valence-electron chi connectivity index (χ4n) is 2.80. The van der Waals surface area contributed by atoms with Crippen molar-refractivity contribution < 1.29 is 13.2 Å². The lowest BCUT2D eigenvalue weighted by molar-refractivity contribution is -0.121. The number of hydrogen-bond donors (Lipinski definition) is 1. The van der Waals surface area contributed by atoms with E-state index in [0.717, 1.165) is 23.4 Å². The van der Waals surface area contributed by atoms with E-state index < -0.39 is 16.1 Å². The molecule has 1 amide bonds. The first-order chi connectivity index (χ1) is 12.7. The van der Waals surface area contributed by atoms with Crippen molar-refractivity contribution in [3.8, 4) is 0 Å². The van der Waals surface area contributed by atoms with E-state index in [2.05, 4.69) is 29.6 Å². The number of sulfonamides is 1. The minimum atomic E-state index is -3.62. The van der Waals surface area contributed by atoms with Gasteiger partial charge in [-0.3, -0.25) is 9.10 Å². The third-order valence-electron chi connectivity index (χ3n) is 4.23. The molecule has 7 heteroatoms. The van der Waals surface area contributed by atoms with Gasteiger partial charge in [0.05, 0.1) is 11.9 Å². The van der Waals surface area contributed by atoms with Crippen molar-refractivity contribution in [3.63, 3.8) is 0 Å². The Hall–Kier alpha value is -2.05. The molecule has 5 nitrogen and oxygen atoms in total. The van der Waals surface area contributed by atoms with Crippen LogP contribution in [0.15, 0.2) is 48.5 Å². The van der Waals surface area contributed by atoms with Gasteiger partial charge in [-0.05, 0) is 56.5 Å². The number of rotatable bonds is 8. The van der Waals surface area contributed by atoms with E-state index >= 15 is 0 Å². The highest BCUT2D eigenvalue weighted by Gasteiger charge is 2.28. The van der Waals surface area contributed by atoms with Crippen molar-refractivity contribution in [2.75, 3.05) is 17.1 Å². The molecule has 0 unspecified atom stereocenters. The van der Waals surface area contributed by atoms with Crippen LogP contribution in [0.1, 0.15) is 24.5 Å². The molecule has 0 saturated heterocycles. The molecule has 2 aromatic carbocycles. The van der Waals surface area contributed by atoms with Crippen molar-refractivity contribution in [1.82, 2.24) is 5.32 Å². The van der Waals surface area contributed by atoms with Gasteiger partial charge in [0, 0.05) is 11.6 Å². The molecular formula is C20H25ClN2O3S. The molecule has 0 aliphatic carbocycles. The Kier molecular flexibility index (Phi) is 7.27. The van der Waals surface area contributed by atoms with Crippen LogP contribution in [0.5, 0.6) is 0 Å². The van der Waals surface area contributed by atoms with Crippen LogP contribution < -0.4 is 9.62 Å². The number of nitrogens with one attached hydrogen (secondary N) is 1. The lowest BCUT2D eigenvalue weighted by Crippen LogP contribution is -2.48. The summed E-state index contributed by atoms with van der Waals surface area (Å²) in [5.41, 5.74) is 2.83. The van der Waals surface area contributed by atoms with Crippen molar-refractivity contribution in [2.45, 2.75) is 32.7 Å². The number of hydrogen-bond acceptors (Lipinski definition) is 3. The molecule has 0 radical (unpaired) electrons. The first-order valence-electron chi connectivity index (χ1n) is 8.76. The number of nitrogens with zero attached hydrogens (tertiary/aromatic N) is 1. The van der Waals surface area contributed by atoms with Gasteiger partial charge in [0.25, 0.3) is 0 Å². The molecule has 0 aliphatic heterocycles. The second kappa shape index (κ2) is 9.24. The predicted octanol–water partition coefficient (Wildman–Crippen LogP) is 3.55. The summed E-state index contributed by atoms with van der Waals surface area (Å²) in [7, 11) is -3.62. The topological polar surface area (TPSA) is 66.5 Å². The summed E-state index contributed by atoms with van der Waals surface area (Å²) in [4.78, 5) is 12.5. The molecule has 0 fully saturated rings. The van der Waals surface area contributed by atoms with E-state index in [1.54, 1.807) is 31.2 Å². The van der Waals surface area contributed by atoms with Crippen LogP contribution in [0.3, 0.4) is 0 Å². The summed E-state index contributed by atoms with van der Waals surface area (Å²) in [6.45, 7) is 4.10. The van der Waals surface area contributed by atoms with E-state index in [9.17, 15) is 13.2 Å². The van der Waals surface area contributed by atoms with Crippen molar-refractivity contribution >= 4 is 33.2 Å². The molecule has 2 rings (SSSR count). The number of carbonyl (C=O) groups is 1. The maximum Gasteiger partial charge on any atom is 0.243 e. The van der Waals surface area contributed by atoms with Gasteiger partial charge < -0.3 is 5.32 Å². The van der Waals surface area contributed by atoms with Crippen LogP contribution >= 0.6 is 11.6 Å². The summed E-state index contributed by atoms with van der Waals surface area (Å²) in [5, 5.41) is 3.33. The van der Waals surface area contributed by atoms with Crippen LogP contribution in [0, 0.1) is 6.92 Å². The van der Waals surface area contributed by atoms with Crippen molar-refractivity contribution in [3.05, 3.63) is 64.7 Å².